The fourth-order valence-electron chi connectivity index (χ4n) is 1.39. The Kier molecular flexibility index (Phi) is 10.5. The van der Waals surface area contributed by atoms with Crippen molar-refractivity contribution in [3.05, 3.63) is 0 Å². The van der Waals surface area contributed by atoms with E-state index in [9.17, 15) is 4.79 Å². The van der Waals surface area contributed by atoms with Crippen molar-refractivity contribution in [1.82, 2.24) is 4.90 Å². The van der Waals surface area contributed by atoms with Crippen molar-refractivity contribution in [2.45, 2.75) is 33.6 Å². The van der Waals surface area contributed by atoms with Crippen molar-refractivity contribution in [1.29, 1.82) is 0 Å². The van der Waals surface area contributed by atoms with Crippen LogP contribution >= 0.6 is 0 Å². The number of ether oxygens (including phenoxy) is 2. The highest BCUT2D eigenvalue weighted by Gasteiger charge is 2.10. The fraction of sp³-hybridized carbons (Fsp3) is 0.917. The topological polar surface area (TPSA) is 38.8 Å². The van der Waals surface area contributed by atoms with Crippen LogP contribution in [0.3, 0.4) is 0 Å². The van der Waals surface area contributed by atoms with E-state index in [-0.39, 0.29) is 5.97 Å². The number of rotatable bonds is 5. The van der Waals surface area contributed by atoms with Gasteiger partial charge in [-0.05, 0) is 6.42 Å². The molecule has 0 aliphatic carbocycles. The third-order valence-corrected chi connectivity index (χ3v) is 2.23. The molecular formula is C12H25NO3. The number of hydrogen-bond donors (Lipinski definition) is 0. The average Bonchev–Trinajstić information content (AvgIpc) is 2.33. The lowest BCUT2D eigenvalue weighted by Gasteiger charge is -2.26. The first-order valence-electron chi connectivity index (χ1n) is 6.28. The lowest BCUT2D eigenvalue weighted by atomic mass is 10.3. The van der Waals surface area contributed by atoms with Crippen LogP contribution in [0.15, 0.2) is 0 Å². The van der Waals surface area contributed by atoms with Gasteiger partial charge in [0.2, 0.25) is 0 Å². The van der Waals surface area contributed by atoms with E-state index in [0.29, 0.717) is 13.0 Å². The third kappa shape index (κ3) is 7.65. The first-order valence-corrected chi connectivity index (χ1v) is 6.28. The Morgan fingerprint density at radius 3 is 2.50 bits per heavy atom. The Morgan fingerprint density at radius 1 is 1.31 bits per heavy atom. The van der Waals surface area contributed by atoms with Gasteiger partial charge in [-0.1, -0.05) is 20.8 Å². The van der Waals surface area contributed by atoms with Crippen LogP contribution in [0.2, 0.25) is 0 Å². The summed E-state index contributed by atoms with van der Waals surface area (Å²) in [6.07, 6.45) is 1.39. The SMILES string of the molecule is CC.CCCC(=O)OCCN1CCOCC1. The molecule has 1 aliphatic heterocycles. The maximum absolute atomic E-state index is 11.0. The molecule has 0 amide bonds. The monoisotopic (exact) mass is 231 g/mol. The quantitative estimate of drug-likeness (QED) is 0.675. The number of carbonyl (C=O) groups excluding carboxylic acids is 1. The summed E-state index contributed by atoms with van der Waals surface area (Å²) in [4.78, 5) is 13.3. The lowest BCUT2D eigenvalue weighted by Crippen LogP contribution is -2.38. The summed E-state index contributed by atoms with van der Waals surface area (Å²) in [6, 6.07) is 0. The molecule has 0 bridgehead atoms. The molecule has 4 nitrogen and oxygen atoms in total. The molecule has 1 fully saturated rings. The minimum absolute atomic E-state index is 0.0826. The molecule has 0 atom stereocenters. The molecule has 0 radical (unpaired) electrons. The summed E-state index contributed by atoms with van der Waals surface area (Å²) in [5, 5.41) is 0. The van der Waals surface area contributed by atoms with Gasteiger partial charge in [0, 0.05) is 26.1 Å². The van der Waals surface area contributed by atoms with Crippen molar-refractivity contribution in [2.24, 2.45) is 0 Å². The lowest BCUT2D eigenvalue weighted by molar-refractivity contribution is -0.144. The van der Waals surface area contributed by atoms with Crippen LogP contribution < -0.4 is 0 Å². The molecule has 16 heavy (non-hydrogen) atoms. The summed E-state index contributed by atoms with van der Waals surface area (Å²) >= 11 is 0. The highest BCUT2D eigenvalue weighted by atomic mass is 16.5. The summed E-state index contributed by atoms with van der Waals surface area (Å²) in [7, 11) is 0. The molecule has 0 saturated carbocycles. The van der Waals surface area contributed by atoms with E-state index >= 15 is 0 Å². The summed E-state index contributed by atoms with van der Waals surface area (Å²) < 4.78 is 10.3. The Labute approximate surface area is 98.9 Å². The molecular weight excluding hydrogens is 206 g/mol. The van der Waals surface area contributed by atoms with Gasteiger partial charge in [-0.15, -0.1) is 0 Å². The Balaban J connectivity index is 0.00000106. The molecule has 0 aromatic heterocycles. The second-order valence-electron chi connectivity index (χ2n) is 3.42. The zero-order chi connectivity index (χ0) is 12.2. The van der Waals surface area contributed by atoms with Gasteiger partial charge in [0.1, 0.15) is 6.61 Å². The van der Waals surface area contributed by atoms with Gasteiger partial charge in [-0.2, -0.15) is 0 Å². The molecule has 1 saturated heterocycles. The molecule has 1 rings (SSSR count). The van der Waals surface area contributed by atoms with Gasteiger partial charge in [0.15, 0.2) is 0 Å². The van der Waals surface area contributed by atoms with Gasteiger partial charge in [0.05, 0.1) is 13.2 Å². The van der Waals surface area contributed by atoms with Crippen LogP contribution in [0.4, 0.5) is 0 Å². The first-order chi connectivity index (χ1) is 7.83. The largest absolute Gasteiger partial charge is 0.464 e. The Morgan fingerprint density at radius 2 is 1.94 bits per heavy atom. The molecule has 0 unspecified atom stereocenters. The highest BCUT2D eigenvalue weighted by Crippen LogP contribution is 1.97. The molecule has 0 N–H and O–H groups in total. The summed E-state index contributed by atoms with van der Waals surface area (Å²) in [6.45, 7) is 10.8. The van der Waals surface area contributed by atoms with Crippen molar-refractivity contribution in [2.75, 3.05) is 39.5 Å². The maximum Gasteiger partial charge on any atom is 0.305 e. The van der Waals surface area contributed by atoms with Crippen molar-refractivity contribution in [3.8, 4) is 0 Å². The van der Waals surface area contributed by atoms with E-state index < -0.39 is 0 Å². The van der Waals surface area contributed by atoms with Gasteiger partial charge in [0.25, 0.3) is 0 Å². The molecule has 96 valence electrons. The van der Waals surface area contributed by atoms with Gasteiger partial charge >= 0.3 is 5.97 Å². The molecule has 4 heteroatoms. The molecule has 1 heterocycles. The van der Waals surface area contributed by atoms with E-state index in [1.165, 1.54) is 0 Å². The van der Waals surface area contributed by atoms with E-state index in [1.54, 1.807) is 0 Å². The van der Waals surface area contributed by atoms with Crippen LogP contribution in [-0.2, 0) is 14.3 Å². The standard InChI is InChI=1S/C10H19NO3.C2H6/c1-2-3-10(12)14-9-6-11-4-7-13-8-5-11;1-2/h2-9H2,1H3;1-2H3. The number of morpholine rings is 1. The summed E-state index contributed by atoms with van der Waals surface area (Å²) in [5.74, 6) is -0.0826. The summed E-state index contributed by atoms with van der Waals surface area (Å²) in [5.41, 5.74) is 0. The average molecular weight is 231 g/mol. The van der Waals surface area contributed by atoms with Crippen LogP contribution in [0.5, 0.6) is 0 Å². The van der Waals surface area contributed by atoms with Crippen LogP contribution in [-0.4, -0.2) is 50.3 Å². The van der Waals surface area contributed by atoms with Crippen LogP contribution in [0.25, 0.3) is 0 Å². The first kappa shape index (κ1) is 15.4. The molecule has 1 aliphatic rings. The molecule has 0 aromatic carbocycles. The number of hydrogen-bond acceptors (Lipinski definition) is 4. The zero-order valence-corrected chi connectivity index (χ0v) is 10.8. The predicted octanol–water partition coefficient (Wildman–Crippen LogP) is 1.69. The van der Waals surface area contributed by atoms with E-state index in [0.717, 1.165) is 39.3 Å². The van der Waals surface area contributed by atoms with Crippen LogP contribution in [0.1, 0.15) is 33.6 Å². The zero-order valence-electron chi connectivity index (χ0n) is 10.8. The Hall–Kier alpha value is -0.610. The van der Waals surface area contributed by atoms with E-state index in [1.807, 2.05) is 20.8 Å². The molecule has 0 spiro atoms. The Bertz CT molecular complexity index is 168. The minimum atomic E-state index is -0.0826. The number of nitrogens with zero attached hydrogens (tertiary/aromatic N) is 1. The van der Waals surface area contributed by atoms with Crippen molar-refractivity contribution in [3.63, 3.8) is 0 Å². The van der Waals surface area contributed by atoms with Crippen molar-refractivity contribution < 1.29 is 14.3 Å². The normalized spacial score (nSPS) is 16.2. The fourth-order valence-corrected chi connectivity index (χ4v) is 1.39. The van der Waals surface area contributed by atoms with E-state index in [2.05, 4.69) is 4.90 Å². The minimum Gasteiger partial charge on any atom is -0.464 e. The van der Waals surface area contributed by atoms with Crippen molar-refractivity contribution >= 4 is 5.97 Å². The number of esters is 1. The van der Waals surface area contributed by atoms with Gasteiger partial charge in [-0.25, -0.2) is 0 Å². The smallest absolute Gasteiger partial charge is 0.305 e. The van der Waals surface area contributed by atoms with Gasteiger partial charge < -0.3 is 9.47 Å². The molecule has 0 aromatic rings. The maximum atomic E-state index is 11.0. The second kappa shape index (κ2) is 10.9. The highest BCUT2D eigenvalue weighted by molar-refractivity contribution is 5.69. The van der Waals surface area contributed by atoms with E-state index in [4.69, 9.17) is 9.47 Å². The second-order valence-corrected chi connectivity index (χ2v) is 3.42. The predicted molar refractivity (Wildman–Crippen MR) is 64.5 cm³/mol. The third-order valence-electron chi connectivity index (χ3n) is 2.23. The van der Waals surface area contributed by atoms with Crippen LogP contribution in [0, 0.1) is 0 Å². The number of carbonyl (C=O) groups is 1. The van der Waals surface area contributed by atoms with Gasteiger partial charge in [-0.3, -0.25) is 9.69 Å².